The van der Waals surface area contributed by atoms with Crippen molar-refractivity contribution in [3.05, 3.63) is 24.0 Å². The lowest BCUT2D eigenvalue weighted by molar-refractivity contribution is 0.202. The number of carboxylic acid groups (broad SMARTS) is 1. The molecule has 0 saturated heterocycles. The van der Waals surface area contributed by atoms with Gasteiger partial charge in [0.25, 0.3) is 0 Å². The molecule has 1 heterocycles. The highest BCUT2D eigenvalue weighted by Gasteiger charge is 2.12. The highest BCUT2D eigenvalue weighted by atomic mass is 35.5. The predicted molar refractivity (Wildman–Crippen MR) is 62.1 cm³/mol. The van der Waals surface area contributed by atoms with Crippen molar-refractivity contribution < 1.29 is 9.90 Å². The number of nitrogens with zero attached hydrogens (tertiary/aromatic N) is 2. The van der Waals surface area contributed by atoms with Crippen LogP contribution in [0.1, 0.15) is 12.5 Å². The van der Waals surface area contributed by atoms with E-state index >= 15 is 0 Å². The van der Waals surface area contributed by atoms with Crippen molar-refractivity contribution in [3.63, 3.8) is 0 Å². The molecule has 0 atom stereocenters. The molecule has 0 bridgehead atoms. The number of halogens is 2. The van der Waals surface area contributed by atoms with Crippen molar-refractivity contribution in [3.8, 4) is 0 Å². The first kappa shape index (κ1) is 14.0. The van der Waals surface area contributed by atoms with Crippen LogP contribution in [0.2, 0.25) is 0 Å². The lowest BCUT2D eigenvalue weighted by Crippen LogP contribution is -2.28. The fourth-order valence-corrected chi connectivity index (χ4v) is 1.27. The third-order valence-electron chi connectivity index (χ3n) is 1.79. The molecule has 84 valence electrons. The van der Waals surface area contributed by atoms with Crippen LogP contribution in [0, 0.1) is 0 Å². The zero-order valence-electron chi connectivity index (χ0n) is 8.18. The molecule has 0 aliphatic carbocycles. The standard InChI is InChI=1S/C9H11ClN2O2.ClH/c1-2-12(9(13)14)8-3-7(4-10)5-11-6-8;/h3,5-6H,2,4H2,1H3,(H,13,14);1H. The predicted octanol–water partition coefficient (Wildman–Crippen LogP) is 2.75. The van der Waals surface area contributed by atoms with Crippen LogP contribution >= 0.6 is 24.0 Å². The summed E-state index contributed by atoms with van der Waals surface area (Å²) in [5, 5.41) is 8.86. The molecule has 0 saturated carbocycles. The van der Waals surface area contributed by atoms with Gasteiger partial charge < -0.3 is 5.11 Å². The van der Waals surface area contributed by atoms with Gasteiger partial charge >= 0.3 is 6.09 Å². The molecular weight excluding hydrogens is 239 g/mol. The van der Waals surface area contributed by atoms with Crippen molar-refractivity contribution in [2.45, 2.75) is 12.8 Å². The number of hydrogen-bond acceptors (Lipinski definition) is 2. The summed E-state index contributed by atoms with van der Waals surface area (Å²) in [6.45, 7) is 2.16. The topological polar surface area (TPSA) is 53.4 Å². The smallest absolute Gasteiger partial charge is 0.411 e. The Morgan fingerprint density at radius 1 is 1.60 bits per heavy atom. The van der Waals surface area contributed by atoms with Crippen LogP contribution in [-0.4, -0.2) is 22.7 Å². The largest absolute Gasteiger partial charge is 0.465 e. The van der Waals surface area contributed by atoms with Crippen molar-refractivity contribution in [1.82, 2.24) is 4.98 Å². The number of alkyl halides is 1. The van der Waals surface area contributed by atoms with E-state index in [1.165, 1.54) is 11.1 Å². The highest BCUT2D eigenvalue weighted by Crippen LogP contribution is 2.15. The lowest BCUT2D eigenvalue weighted by Gasteiger charge is -2.16. The highest BCUT2D eigenvalue weighted by molar-refractivity contribution is 6.17. The molecule has 0 spiro atoms. The average molecular weight is 251 g/mol. The maximum Gasteiger partial charge on any atom is 0.411 e. The summed E-state index contributed by atoms with van der Waals surface area (Å²) >= 11 is 5.62. The number of aromatic nitrogens is 1. The minimum Gasteiger partial charge on any atom is -0.465 e. The Bertz CT molecular complexity index is 334. The van der Waals surface area contributed by atoms with E-state index in [1.54, 1.807) is 19.2 Å². The van der Waals surface area contributed by atoms with Gasteiger partial charge in [-0.2, -0.15) is 0 Å². The molecule has 1 N–H and O–H groups in total. The maximum atomic E-state index is 10.8. The molecule has 6 heteroatoms. The maximum absolute atomic E-state index is 10.8. The van der Waals surface area contributed by atoms with Crippen LogP contribution < -0.4 is 4.90 Å². The summed E-state index contributed by atoms with van der Waals surface area (Å²) < 4.78 is 0. The van der Waals surface area contributed by atoms with E-state index < -0.39 is 6.09 Å². The zero-order chi connectivity index (χ0) is 10.6. The monoisotopic (exact) mass is 250 g/mol. The Hall–Kier alpha value is -1.000. The summed E-state index contributed by atoms with van der Waals surface area (Å²) in [6.07, 6.45) is 2.14. The van der Waals surface area contributed by atoms with Gasteiger partial charge in [0.2, 0.25) is 0 Å². The SMILES string of the molecule is CCN(C(=O)O)c1cncc(CCl)c1.Cl. The van der Waals surface area contributed by atoms with E-state index in [0.29, 0.717) is 18.1 Å². The first-order valence-corrected chi connectivity index (χ1v) is 4.72. The molecule has 0 unspecified atom stereocenters. The molecule has 0 aromatic carbocycles. The summed E-state index contributed by atoms with van der Waals surface area (Å²) in [7, 11) is 0. The number of hydrogen-bond donors (Lipinski definition) is 1. The minimum atomic E-state index is -0.985. The third-order valence-corrected chi connectivity index (χ3v) is 2.10. The quantitative estimate of drug-likeness (QED) is 0.840. The van der Waals surface area contributed by atoms with Gasteiger partial charge in [-0.3, -0.25) is 9.88 Å². The van der Waals surface area contributed by atoms with Crippen LogP contribution in [0.3, 0.4) is 0 Å². The molecule has 1 rings (SSSR count). The molecule has 1 aromatic heterocycles. The fourth-order valence-electron chi connectivity index (χ4n) is 1.12. The molecule has 4 nitrogen and oxygen atoms in total. The van der Waals surface area contributed by atoms with Crippen LogP contribution in [0.4, 0.5) is 10.5 Å². The number of rotatable bonds is 3. The molecule has 1 amide bonds. The van der Waals surface area contributed by atoms with E-state index in [1.807, 2.05) is 0 Å². The summed E-state index contributed by atoms with van der Waals surface area (Å²) in [5.74, 6) is 0.331. The van der Waals surface area contributed by atoms with E-state index in [2.05, 4.69) is 4.98 Å². The van der Waals surface area contributed by atoms with Gasteiger partial charge in [-0.15, -0.1) is 24.0 Å². The van der Waals surface area contributed by atoms with Gasteiger partial charge in [0.1, 0.15) is 0 Å². The molecule has 0 radical (unpaired) electrons. The van der Waals surface area contributed by atoms with Gasteiger partial charge in [-0.25, -0.2) is 4.79 Å². The summed E-state index contributed by atoms with van der Waals surface area (Å²) in [6, 6.07) is 1.72. The summed E-state index contributed by atoms with van der Waals surface area (Å²) in [5.41, 5.74) is 1.36. The Morgan fingerprint density at radius 2 is 2.27 bits per heavy atom. The van der Waals surface area contributed by atoms with Crippen LogP contribution in [0.15, 0.2) is 18.5 Å². The number of anilines is 1. The number of amides is 1. The van der Waals surface area contributed by atoms with Crippen LogP contribution in [0.25, 0.3) is 0 Å². The second-order valence-corrected chi connectivity index (χ2v) is 2.98. The van der Waals surface area contributed by atoms with Crippen molar-refractivity contribution in [2.75, 3.05) is 11.4 Å². The Morgan fingerprint density at radius 3 is 2.73 bits per heavy atom. The first-order chi connectivity index (χ1) is 6.69. The third kappa shape index (κ3) is 3.57. The molecular formula is C9H12Cl2N2O2. The normalized spacial score (nSPS) is 9.20. The van der Waals surface area contributed by atoms with Crippen molar-refractivity contribution in [1.29, 1.82) is 0 Å². The second-order valence-electron chi connectivity index (χ2n) is 2.71. The summed E-state index contributed by atoms with van der Waals surface area (Å²) in [4.78, 5) is 15.9. The second kappa shape index (κ2) is 6.48. The number of pyridine rings is 1. The molecule has 1 aromatic rings. The van der Waals surface area contributed by atoms with E-state index in [-0.39, 0.29) is 12.4 Å². The fraction of sp³-hybridized carbons (Fsp3) is 0.333. The van der Waals surface area contributed by atoms with Gasteiger partial charge in [-0.1, -0.05) is 0 Å². The van der Waals surface area contributed by atoms with Crippen LogP contribution in [-0.2, 0) is 5.88 Å². The van der Waals surface area contributed by atoms with Gasteiger partial charge in [0.15, 0.2) is 0 Å². The van der Waals surface area contributed by atoms with Gasteiger partial charge in [0, 0.05) is 18.6 Å². The van der Waals surface area contributed by atoms with E-state index in [9.17, 15) is 4.79 Å². The Kier molecular flexibility index (Phi) is 6.05. The minimum absolute atomic E-state index is 0. The lowest BCUT2D eigenvalue weighted by atomic mass is 10.3. The van der Waals surface area contributed by atoms with Crippen molar-refractivity contribution >= 4 is 35.8 Å². The van der Waals surface area contributed by atoms with Gasteiger partial charge in [-0.05, 0) is 18.6 Å². The molecule has 0 fully saturated rings. The average Bonchev–Trinajstić information content (AvgIpc) is 2.19. The van der Waals surface area contributed by atoms with Crippen molar-refractivity contribution in [2.24, 2.45) is 0 Å². The number of carbonyl (C=O) groups is 1. The molecule has 15 heavy (non-hydrogen) atoms. The van der Waals surface area contributed by atoms with Gasteiger partial charge in [0.05, 0.1) is 11.9 Å². The molecule has 0 aliphatic rings. The molecule has 0 aliphatic heterocycles. The zero-order valence-corrected chi connectivity index (χ0v) is 9.75. The van der Waals surface area contributed by atoms with E-state index in [0.717, 1.165) is 5.56 Å². The Balaban J connectivity index is 0.00000196. The first-order valence-electron chi connectivity index (χ1n) is 4.19. The van der Waals surface area contributed by atoms with E-state index in [4.69, 9.17) is 16.7 Å². The van der Waals surface area contributed by atoms with Crippen LogP contribution in [0.5, 0.6) is 0 Å². The Labute approximate surface area is 99.3 Å².